The lowest BCUT2D eigenvalue weighted by Crippen LogP contribution is -2.36. The van der Waals surface area contributed by atoms with Gasteiger partial charge in [0, 0.05) is 47.6 Å². The molecular formula is C18H20N4O2. The van der Waals surface area contributed by atoms with Crippen molar-refractivity contribution in [2.75, 3.05) is 6.61 Å². The highest BCUT2D eigenvalue weighted by Gasteiger charge is 2.32. The average Bonchev–Trinajstić information content (AvgIpc) is 3.33. The number of aromatic nitrogens is 3. The SMILES string of the molecule is CCn1cc([C@H]2OCC[C@@H]2NC(=O)c2cccc3[nH]ccc23)cn1. The fraction of sp³-hybridized carbons (Fsp3) is 0.333. The first kappa shape index (κ1) is 15.0. The first-order valence-corrected chi connectivity index (χ1v) is 8.27. The zero-order chi connectivity index (χ0) is 16.5. The van der Waals surface area contributed by atoms with E-state index in [4.69, 9.17) is 4.74 Å². The number of aromatic amines is 1. The van der Waals surface area contributed by atoms with Gasteiger partial charge in [-0.1, -0.05) is 6.07 Å². The molecule has 6 nitrogen and oxygen atoms in total. The zero-order valence-corrected chi connectivity index (χ0v) is 13.5. The Kier molecular flexibility index (Phi) is 3.82. The monoisotopic (exact) mass is 324 g/mol. The Bertz CT molecular complexity index is 867. The molecule has 2 atom stereocenters. The van der Waals surface area contributed by atoms with Crippen LogP contribution in [0.15, 0.2) is 42.9 Å². The number of H-pyrrole nitrogens is 1. The van der Waals surface area contributed by atoms with Crippen LogP contribution in [0.3, 0.4) is 0 Å². The average molecular weight is 324 g/mol. The van der Waals surface area contributed by atoms with Gasteiger partial charge in [-0.25, -0.2) is 0 Å². The molecule has 0 unspecified atom stereocenters. The summed E-state index contributed by atoms with van der Waals surface area (Å²) < 4.78 is 7.72. The molecule has 0 saturated carbocycles. The molecule has 3 aromatic rings. The number of nitrogens with zero attached hydrogens (tertiary/aromatic N) is 2. The van der Waals surface area contributed by atoms with Crippen LogP contribution in [0.1, 0.15) is 35.4 Å². The maximum atomic E-state index is 12.7. The smallest absolute Gasteiger partial charge is 0.252 e. The van der Waals surface area contributed by atoms with Gasteiger partial charge in [0.2, 0.25) is 0 Å². The lowest BCUT2D eigenvalue weighted by Gasteiger charge is -2.19. The van der Waals surface area contributed by atoms with Crippen LogP contribution in [0.4, 0.5) is 0 Å². The van der Waals surface area contributed by atoms with Gasteiger partial charge in [0.05, 0.1) is 12.2 Å². The van der Waals surface area contributed by atoms with E-state index in [-0.39, 0.29) is 18.1 Å². The molecule has 1 fully saturated rings. The molecule has 4 rings (SSSR count). The molecule has 6 heteroatoms. The van der Waals surface area contributed by atoms with Crippen LogP contribution < -0.4 is 5.32 Å². The molecule has 24 heavy (non-hydrogen) atoms. The van der Waals surface area contributed by atoms with Gasteiger partial charge < -0.3 is 15.0 Å². The second kappa shape index (κ2) is 6.13. The molecule has 3 heterocycles. The molecule has 0 bridgehead atoms. The topological polar surface area (TPSA) is 71.9 Å². The van der Waals surface area contributed by atoms with Crippen molar-refractivity contribution in [2.24, 2.45) is 0 Å². The van der Waals surface area contributed by atoms with Crippen molar-refractivity contribution in [1.29, 1.82) is 0 Å². The van der Waals surface area contributed by atoms with Gasteiger partial charge in [-0.15, -0.1) is 0 Å². The van der Waals surface area contributed by atoms with Crippen LogP contribution in [-0.2, 0) is 11.3 Å². The quantitative estimate of drug-likeness (QED) is 0.775. The van der Waals surface area contributed by atoms with Crippen LogP contribution in [0.5, 0.6) is 0 Å². The minimum Gasteiger partial charge on any atom is -0.371 e. The van der Waals surface area contributed by atoms with Gasteiger partial charge in [0.1, 0.15) is 6.10 Å². The van der Waals surface area contributed by atoms with Gasteiger partial charge >= 0.3 is 0 Å². The minimum absolute atomic E-state index is 0.0406. The highest BCUT2D eigenvalue weighted by atomic mass is 16.5. The summed E-state index contributed by atoms with van der Waals surface area (Å²) in [5, 5.41) is 8.38. The highest BCUT2D eigenvalue weighted by molar-refractivity contribution is 6.06. The first-order valence-electron chi connectivity index (χ1n) is 8.27. The van der Waals surface area contributed by atoms with E-state index in [0.29, 0.717) is 12.2 Å². The third-order valence-corrected chi connectivity index (χ3v) is 4.55. The van der Waals surface area contributed by atoms with E-state index < -0.39 is 0 Å². The number of fused-ring (bicyclic) bond motifs is 1. The van der Waals surface area contributed by atoms with Gasteiger partial charge in [-0.3, -0.25) is 9.48 Å². The number of aryl methyl sites for hydroxylation is 1. The van der Waals surface area contributed by atoms with E-state index in [9.17, 15) is 4.79 Å². The fourth-order valence-corrected chi connectivity index (χ4v) is 3.29. The number of nitrogens with one attached hydrogen (secondary N) is 2. The van der Waals surface area contributed by atoms with Crippen LogP contribution in [0.2, 0.25) is 0 Å². The predicted molar refractivity (Wildman–Crippen MR) is 90.8 cm³/mol. The molecular weight excluding hydrogens is 304 g/mol. The summed E-state index contributed by atoms with van der Waals surface area (Å²) in [5.74, 6) is -0.0661. The third-order valence-electron chi connectivity index (χ3n) is 4.55. The molecule has 0 spiro atoms. The lowest BCUT2D eigenvalue weighted by molar-refractivity contribution is 0.0822. The molecule has 1 aliphatic heterocycles. The number of hydrogen-bond acceptors (Lipinski definition) is 3. The summed E-state index contributed by atoms with van der Waals surface area (Å²) in [6, 6.07) is 7.60. The Morgan fingerprint density at radius 3 is 3.21 bits per heavy atom. The molecule has 1 saturated heterocycles. The summed E-state index contributed by atoms with van der Waals surface area (Å²) in [5.41, 5.74) is 2.66. The molecule has 0 aliphatic carbocycles. The standard InChI is InChI=1S/C18H20N4O2/c1-2-22-11-12(10-20-22)17-16(7-9-24-17)21-18(23)14-4-3-5-15-13(14)6-8-19-15/h3-6,8,10-11,16-17,19H,2,7,9H2,1H3,(H,21,23)/t16-,17+/m0/s1. The van der Waals surface area contributed by atoms with Crippen LogP contribution in [0.25, 0.3) is 10.9 Å². The summed E-state index contributed by atoms with van der Waals surface area (Å²) >= 11 is 0. The van der Waals surface area contributed by atoms with E-state index in [1.54, 1.807) is 0 Å². The molecule has 1 aromatic carbocycles. The second-order valence-electron chi connectivity index (χ2n) is 6.03. The summed E-state index contributed by atoms with van der Waals surface area (Å²) in [6.07, 6.45) is 6.33. The van der Waals surface area contributed by atoms with Crippen LogP contribution in [0, 0.1) is 0 Å². The van der Waals surface area contributed by atoms with Crippen molar-refractivity contribution in [3.05, 3.63) is 54.0 Å². The van der Waals surface area contributed by atoms with Crippen LogP contribution in [-0.4, -0.2) is 33.3 Å². The largest absolute Gasteiger partial charge is 0.371 e. The summed E-state index contributed by atoms with van der Waals surface area (Å²) in [7, 11) is 0. The number of carbonyl (C=O) groups is 1. The van der Waals surface area contributed by atoms with Gasteiger partial charge in [0.15, 0.2) is 0 Å². The normalized spacial score (nSPS) is 20.5. The number of ether oxygens (including phenoxy) is 1. The van der Waals surface area contributed by atoms with Gasteiger partial charge in [0.25, 0.3) is 5.91 Å². The molecule has 0 radical (unpaired) electrons. The Labute approximate surface area is 139 Å². The maximum Gasteiger partial charge on any atom is 0.252 e. The highest BCUT2D eigenvalue weighted by Crippen LogP contribution is 2.29. The Morgan fingerprint density at radius 2 is 2.38 bits per heavy atom. The molecule has 124 valence electrons. The van der Waals surface area contributed by atoms with E-state index in [1.165, 1.54) is 0 Å². The second-order valence-corrected chi connectivity index (χ2v) is 6.03. The number of benzene rings is 1. The number of amides is 1. The van der Waals surface area contributed by atoms with Crippen molar-refractivity contribution in [2.45, 2.75) is 32.0 Å². The van der Waals surface area contributed by atoms with E-state index in [1.807, 2.05) is 54.5 Å². The number of rotatable bonds is 4. The van der Waals surface area contributed by atoms with Crippen LogP contribution >= 0.6 is 0 Å². The zero-order valence-electron chi connectivity index (χ0n) is 13.5. The van der Waals surface area contributed by atoms with Gasteiger partial charge in [-0.05, 0) is 31.5 Å². The van der Waals surface area contributed by atoms with E-state index >= 15 is 0 Å². The van der Waals surface area contributed by atoms with Crippen molar-refractivity contribution in [3.63, 3.8) is 0 Å². The molecule has 1 amide bonds. The Hall–Kier alpha value is -2.60. The van der Waals surface area contributed by atoms with Crippen molar-refractivity contribution in [3.8, 4) is 0 Å². The van der Waals surface area contributed by atoms with Crippen molar-refractivity contribution >= 4 is 16.8 Å². The number of carbonyl (C=O) groups excluding carboxylic acids is 1. The Balaban J connectivity index is 1.55. The molecule has 2 aromatic heterocycles. The first-order chi connectivity index (χ1) is 11.8. The lowest BCUT2D eigenvalue weighted by atomic mass is 10.0. The predicted octanol–water partition coefficient (Wildman–Crippen LogP) is 2.64. The number of hydrogen-bond donors (Lipinski definition) is 2. The maximum absolute atomic E-state index is 12.7. The minimum atomic E-state index is -0.139. The van der Waals surface area contributed by atoms with Gasteiger partial charge in [-0.2, -0.15) is 5.10 Å². The third kappa shape index (κ3) is 2.59. The van der Waals surface area contributed by atoms with E-state index in [2.05, 4.69) is 15.4 Å². The van der Waals surface area contributed by atoms with Crippen molar-refractivity contribution in [1.82, 2.24) is 20.1 Å². The molecule has 1 aliphatic rings. The Morgan fingerprint density at radius 1 is 1.46 bits per heavy atom. The van der Waals surface area contributed by atoms with E-state index in [0.717, 1.165) is 29.4 Å². The summed E-state index contributed by atoms with van der Waals surface area (Å²) in [4.78, 5) is 15.9. The molecule has 2 N–H and O–H groups in total. The fourth-order valence-electron chi connectivity index (χ4n) is 3.29. The van der Waals surface area contributed by atoms with Crippen molar-refractivity contribution < 1.29 is 9.53 Å². The summed E-state index contributed by atoms with van der Waals surface area (Å²) in [6.45, 7) is 3.50.